The number of amides is 1. The quantitative estimate of drug-likeness (QED) is 0.843. The Morgan fingerprint density at radius 2 is 1.95 bits per heavy atom. The van der Waals surface area contributed by atoms with Crippen molar-refractivity contribution >= 4 is 11.6 Å². The lowest BCUT2D eigenvalue weighted by atomic mass is 10.1. The summed E-state index contributed by atoms with van der Waals surface area (Å²) in [6, 6.07) is 6.19. The molecule has 0 bridgehead atoms. The maximum atomic E-state index is 12.4. The third-order valence-electron chi connectivity index (χ3n) is 4.91. The van der Waals surface area contributed by atoms with Crippen molar-refractivity contribution in [3.63, 3.8) is 0 Å². The summed E-state index contributed by atoms with van der Waals surface area (Å²) in [5.74, 6) is 0.136. The average Bonchev–Trinajstić information content (AvgIpc) is 2.96. The maximum Gasteiger partial charge on any atom is 0.239 e. The molecule has 22 heavy (non-hydrogen) atoms. The van der Waals surface area contributed by atoms with Gasteiger partial charge in [0.15, 0.2) is 0 Å². The molecule has 2 aliphatic rings. The first-order valence-electron chi connectivity index (χ1n) is 8.07. The van der Waals surface area contributed by atoms with E-state index in [1.165, 1.54) is 16.8 Å². The maximum absolute atomic E-state index is 12.4. The Hall–Kier alpha value is -1.59. The van der Waals surface area contributed by atoms with Gasteiger partial charge in [0, 0.05) is 38.4 Å². The van der Waals surface area contributed by atoms with E-state index in [0.717, 1.165) is 26.2 Å². The van der Waals surface area contributed by atoms with Crippen LogP contribution in [0.3, 0.4) is 0 Å². The molecule has 2 aliphatic heterocycles. The van der Waals surface area contributed by atoms with Crippen molar-refractivity contribution in [2.24, 2.45) is 0 Å². The van der Waals surface area contributed by atoms with Crippen LogP contribution < -0.4 is 10.2 Å². The van der Waals surface area contributed by atoms with Gasteiger partial charge in [-0.05, 0) is 37.5 Å². The minimum absolute atomic E-state index is 0.136. The van der Waals surface area contributed by atoms with Crippen molar-refractivity contribution in [1.82, 2.24) is 10.2 Å². The number of benzene rings is 1. The molecule has 0 radical (unpaired) electrons. The summed E-state index contributed by atoms with van der Waals surface area (Å²) >= 11 is 0. The van der Waals surface area contributed by atoms with Crippen molar-refractivity contribution in [3.05, 3.63) is 29.3 Å². The molecule has 0 saturated carbocycles. The zero-order chi connectivity index (χ0) is 15.7. The predicted molar refractivity (Wildman–Crippen MR) is 87.1 cm³/mol. The Morgan fingerprint density at radius 1 is 1.23 bits per heavy atom. The fourth-order valence-corrected chi connectivity index (χ4v) is 3.37. The summed E-state index contributed by atoms with van der Waals surface area (Å²) in [6.45, 7) is 8.05. The number of rotatable bonds is 2. The Bertz CT molecular complexity index is 553. The number of carbonyl (C=O) groups excluding carboxylic acids is 1. The van der Waals surface area contributed by atoms with E-state index in [1.54, 1.807) is 0 Å². The van der Waals surface area contributed by atoms with Gasteiger partial charge < -0.3 is 20.2 Å². The zero-order valence-corrected chi connectivity index (χ0v) is 13.4. The Kier molecular flexibility index (Phi) is 4.36. The van der Waals surface area contributed by atoms with Crippen LogP contribution in [-0.4, -0.2) is 60.8 Å². The summed E-state index contributed by atoms with van der Waals surface area (Å²) in [5.41, 5.74) is 3.91. The molecule has 2 atom stereocenters. The fraction of sp³-hybridized carbons (Fsp3) is 0.588. The molecule has 0 aromatic heterocycles. The van der Waals surface area contributed by atoms with Gasteiger partial charge in [0.25, 0.3) is 0 Å². The van der Waals surface area contributed by atoms with Crippen LogP contribution in [0, 0.1) is 13.8 Å². The number of piperazine rings is 1. The topological polar surface area (TPSA) is 55.8 Å². The lowest BCUT2D eigenvalue weighted by Crippen LogP contribution is -2.53. The highest BCUT2D eigenvalue weighted by Gasteiger charge is 2.32. The van der Waals surface area contributed by atoms with Gasteiger partial charge in [0.2, 0.25) is 5.91 Å². The predicted octanol–water partition coefficient (Wildman–Crippen LogP) is 0.675. The number of carbonyl (C=O) groups is 1. The first kappa shape index (κ1) is 15.3. The monoisotopic (exact) mass is 303 g/mol. The number of hydrogen-bond donors (Lipinski definition) is 2. The molecule has 2 N–H and O–H groups in total. The van der Waals surface area contributed by atoms with Gasteiger partial charge in [-0.3, -0.25) is 4.79 Å². The summed E-state index contributed by atoms with van der Waals surface area (Å²) < 4.78 is 0. The van der Waals surface area contributed by atoms with Gasteiger partial charge in [0.05, 0.1) is 12.1 Å². The average molecular weight is 303 g/mol. The molecule has 2 fully saturated rings. The normalized spacial score (nSPS) is 25.6. The van der Waals surface area contributed by atoms with Gasteiger partial charge in [-0.1, -0.05) is 12.1 Å². The molecule has 5 heteroatoms. The lowest BCUT2D eigenvalue weighted by molar-refractivity contribution is -0.133. The number of hydrogen-bond acceptors (Lipinski definition) is 4. The number of β-amino-alcohol motifs (C(OH)–C–C–N with tert-alkyl or cyclic N) is 1. The van der Waals surface area contributed by atoms with E-state index in [9.17, 15) is 9.90 Å². The number of aliphatic hydroxyl groups is 1. The number of aryl methyl sites for hydroxylation is 1. The van der Waals surface area contributed by atoms with Gasteiger partial charge in [-0.2, -0.15) is 0 Å². The summed E-state index contributed by atoms with van der Waals surface area (Å²) in [7, 11) is 0. The van der Waals surface area contributed by atoms with Crippen LogP contribution in [0.15, 0.2) is 18.2 Å². The Balaban J connectivity index is 1.60. The van der Waals surface area contributed by atoms with Crippen molar-refractivity contribution < 1.29 is 9.90 Å². The molecule has 2 unspecified atom stereocenters. The standard InChI is InChI=1S/C17H25N3O2/c1-12-4-3-5-16(13(12)2)19-6-8-20(9-7-19)17(22)15-10-14(21)11-18-15/h3-5,14-15,18,21H,6-11H2,1-2H3. The summed E-state index contributed by atoms with van der Waals surface area (Å²) in [4.78, 5) is 16.7. The second-order valence-electron chi connectivity index (χ2n) is 6.38. The van der Waals surface area contributed by atoms with Crippen LogP contribution in [0.25, 0.3) is 0 Å². The molecule has 0 aliphatic carbocycles. The van der Waals surface area contributed by atoms with E-state index < -0.39 is 0 Å². The fourth-order valence-electron chi connectivity index (χ4n) is 3.37. The van der Waals surface area contributed by atoms with Crippen molar-refractivity contribution in [2.75, 3.05) is 37.6 Å². The van der Waals surface area contributed by atoms with Gasteiger partial charge in [-0.15, -0.1) is 0 Å². The molecular weight excluding hydrogens is 278 g/mol. The van der Waals surface area contributed by atoms with Crippen molar-refractivity contribution in [3.8, 4) is 0 Å². The zero-order valence-electron chi connectivity index (χ0n) is 13.4. The third-order valence-corrected chi connectivity index (χ3v) is 4.91. The van der Waals surface area contributed by atoms with Gasteiger partial charge in [-0.25, -0.2) is 0 Å². The smallest absolute Gasteiger partial charge is 0.239 e. The second kappa shape index (κ2) is 6.26. The number of nitrogens with zero attached hydrogens (tertiary/aromatic N) is 2. The van der Waals surface area contributed by atoms with Crippen LogP contribution in [0.5, 0.6) is 0 Å². The molecule has 120 valence electrons. The minimum Gasteiger partial charge on any atom is -0.392 e. The molecule has 3 rings (SSSR count). The number of nitrogens with one attached hydrogen (secondary N) is 1. The largest absolute Gasteiger partial charge is 0.392 e. The molecule has 1 aromatic carbocycles. The SMILES string of the molecule is Cc1cccc(N2CCN(C(=O)C3CC(O)CN3)CC2)c1C. The molecule has 1 amide bonds. The van der Waals surface area contributed by atoms with E-state index in [4.69, 9.17) is 0 Å². The molecule has 2 heterocycles. The summed E-state index contributed by atoms with van der Waals surface area (Å²) in [6.07, 6.45) is 0.154. The number of aliphatic hydroxyl groups excluding tert-OH is 1. The van der Waals surface area contributed by atoms with E-state index in [1.807, 2.05) is 4.90 Å². The van der Waals surface area contributed by atoms with E-state index in [-0.39, 0.29) is 18.1 Å². The molecule has 0 spiro atoms. The van der Waals surface area contributed by atoms with Crippen LogP contribution in [0.4, 0.5) is 5.69 Å². The third kappa shape index (κ3) is 2.96. The first-order valence-corrected chi connectivity index (χ1v) is 8.07. The molecule has 1 aromatic rings. The molecular formula is C17H25N3O2. The van der Waals surface area contributed by atoms with Crippen LogP contribution in [0.1, 0.15) is 17.5 Å². The summed E-state index contributed by atoms with van der Waals surface area (Å²) in [5, 5.41) is 12.7. The molecule has 5 nitrogen and oxygen atoms in total. The highest BCUT2D eigenvalue weighted by Crippen LogP contribution is 2.24. The van der Waals surface area contributed by atoms with Crippen molar-refractivity contribution in [1.29, 1.82) is 0 Å². The Labute approximate surface area is 131 Å². The van der Waals surface area contributed by atoms with Crippen LogP contribution >= 0.6 is 0 Å². The first-order chi connectivity index (χ1) is 10.6. The van der Waals surface area contributed by atoms with Crippen molar-refractivity contribution in [2.45, 2.75) is 32.4 Å². The Morgan fingerprint density at radius 3 is 2.59 bits per heavy atom. The highest BCUT2D eigenvalue weighted by atomic mass is 16.3. The second-order valence-corrected chi connectivity index (χ2v) is 6.38. The van der Waals surface area contributed by atoms with E-state index in [0.29, 0.717) is 13.0 Å². The minimum atomic E-state index is -0.384. The van der Waals surface area contributed by atoms with Crippen LogP contribution in [0.2, 0.25) is 0 Å². The highest BCUT2D eigenvalue weighted by molar-refractivity contribution is 5.82. The number of anilines is 1. The lowest BCUT2D eigenvalue weighted by Gasteiger charge is -2.38. The molecule has 2 saturated heterocycles. The van der Waals surface area contributed by atoms with Crippen LogP contribution in [-0.2, 0) is 4.79 Å². The van der Waals surface area contributed by atoms with E-state index >= 15 is 0 Å². The van der Waals surface area contributed by atoms with Gasteiger partial charge in [0.1, 0.15) is 0 Å². The van der Waals surface area contributed by atoms with Gasteiger partial charge >= 0.3 is 0 Å². The van der Waals surface area contributed by atoms with E-state index in [2.05, 4.69) is 42.3 Å².